The molecule has 4 aliphatic rings. The van der Waals surface area contributed by atoms with Gasteiger partial charge in [-0.2, -0.15) is 12.7 Å². The van der Waals surface area contributed by atoms with E-state index in [1.165, 1.54) is 0 Å². The normalized spacial score (nSPS) is 44.0. The summed E-state index contributed by atoms with van der Waals surface area (Å²) in [5.74, 6) is -0.270. The van der Waals surface area contributed by atoms with E-state index < -0.39 is 50.8 Å². The molecule has 0 bridgehead atoms. The zero-order valence-corrected chi connectivity index (χ0v) is 17.2. The van der Waals surface area contributed by atoms with Crippen molar-refractivity contribution in [2.24, 2.45) is 23.7 Å². The van der Waals surface area contributed by atoms with Crippen LogP contribution >= 0.6 is 0 Å². The number of alkyl halides is 1. The molecule has 2 aliphatic heterocycles. The van der Waals surface area contributed by atoms with Crippen molar-refractivity contribution in [2.75, 3.05) is 18.1 Å². The van der Waals surface area contributed by atoms with Gasteiger partial charge in [-0.1, -0.05) is 0 Å². The van der Waals surface area contributed by atoms with Crippen LogP contribution in [0.1, 0.15) is 38.5 Å². The SMILES string of the molecule is O=C1CN(C2C(O)CC3CCC(C4CCS(=O)(=O)CC4)CC3C2F)S(=O)(=O)N1. The minimum Gasteiger partial charge on any atom is -0.391 e. The first kappa shape index (κ1) is 20.5. The first-order valence-corrected chi connectivity index (χ1v) is 13.2. The van der Waals surface area contributed by atoms with Crippen molar-refractivity contribution >= 4 is 26.0 Å². The molecule has 4 rings (SSSR count). The molecule has 2 aliphatic carbocycles. The third kappa shape index (κ3) is 3.70. The Hall–Kier alpha value is -0.780. The van der Waals surface area contributed by atoms with Gasteiger partial charge in [0.2, 0.25) is 5.91 Å². The molecule has 2 saturated heterocycles. The van der Waals surface area contributed by atoms with E-state index in [0.717, 1.165) is 17.1 Å². The summed E-state index contributed by atoms with van der Waals surface area (Å²) >= 11 is 0. The van der Waals surface area contributed by atoms with E-state index in [-0.39, 0.29) is 35.2 Å². The third-order valence-corrected chi connectivity index (χ3v) is 10.4. The van der Waals surface area contributed by atoms with Gasteiger partial charge in [0.25, 0.3) is 0 Å². The van der Waals surface area contributed by atoms with Crippen LogP contribution in [-0.2, 0) is 24.8 Å². The van der Waals surface area contributed by atoms with Gasteiger partial charge >= 0.3 is 10.2 Å². The van der Waals surface area contributed by atoms with Gasteiger partial charge in [-0.15, -0.1) is 0 Å². The van der Waals surface area contributed by atoms with Crippen LogP contribution in [0, 0.1) is 23.7 Å². The summed E-state index contributed by atoms with van der Waals surface area (Å²) in [6, 6.07) is -1.25. The van der Waals surface area contributed by atoms with Crippen LogP contribution in [0.25, 0.3) is 0 Å². The molecule has 160 valence electrons. The fourth-order valence-corrected chi connectivity index (χ4v) is 8.65. The van der Waals surface area contributed by atoms with Crippen molar-refractivity contribution < 1.29 is 31.1 Å². The Morgan fingerprint density at radius 3 is 2.21 bits per heavy atom. The first-order valence-electron chi connectivity index (χ1n) is 9.92. The maximum atomic E-state index is 15.5. The molecule has 6 unspecified atom stereocenters. The lowest BCUT2D eigenvalue weighted by Gasteiger charge is -2.49. The number of halogens is 1. The molecular formula is C17H27FN2O6S2. The van der Waals surface area contributed by atoms with Crippen LogP contribution < -0.4 is 4.72 Å². The first-order chi connectivity index (χ1) is 13.1. The van der Waals surface area contributed by atoms with Crippen molar-refractivity contribution in [3.63, 3.8) is 0 Å². The number of nitrogens with one attached hydrogen (secondary N) is 1. The monoisotopic (exact) mass is 438 g/mol. The molecule has 0 radical (unpaired) electrons. The third-order valence-electron chi connectivity index (χ3n) is 7.21. The molecule has 4 fully saturated rings. The molecule has 2 N–H and O–H groups in total. The summed E-state index contributed by atoms with van der Waals surface area (Å²) in [7, 11) is -7.07. The number of hydrogen-bond acceptors (Lipinski definition) is 6. The average Bonchev–Trinajstić information content (AvgIpc) is 2.87. The predicted molar refractivity (Wildman–Crippen MR) is 98.8 cm³/mol. The maximum absolute atomic E-state index is 15.5. The van der Waals surface area contributed by atoms with Crippen molar-refractivity contribution in [3.05, 3.63) is 0 Å². The summed E-state index contributed by atoms with van der Waals surface area (Å²) in [4.78, 5) is 11.5. The number of rotatable bonds is 2. The molecule has 6 atom stereocenters. The summed E-state index contributed by atoms with van der Waals surface area (Å²) < 4.78 is 65.8. The molecule has 11 heteroatoms. The van der Waals surface area contributed by atoms with Crippen LogP contribution in [0.3, 0.4) is 0 Å². The number of carbonyl (C=O) groups excluding carboxylic acids is 1. The van der Waals surface area contributed by atoms with Crippen LogP contribution in [0.4, 0.5) is 4.39 Å². The van der Waals surface area contributed by atoms with Crippen LogP contribution in [0.5, 0.6) is 0 Å². The fraction of sp³-hybridized carbons (Fsp3) is 0.941. The lowest BCUT2D eigenvalue weighted by atomic mass is 9.62. The van der Waals surface area contributed by atoms with Crippen molar-refractivity contribution in [1.82, 2.24) is 9.03 Å². The summed E-state index contributed by atoms with van der Waals surface area (Å²) in [5, 5.41) is 10.5. The Balaban J connectivity index is 1.50. The van der Waals surface area contributed by atoms with Gasteiger partial charge in [-0.25, -0.2) is 17.5 Å². The number of aliphatic hydroxyl groups is 1. The molecule has 0 spiro atoms. The molecule has 0 aromatic carbocycles. The van der Waals surface area contributed by atoms with Crippen LogP contribution in [0.15, 0.2) is 0 Å². The quantitative estimate of drug-likeness (QED) is 0.626. The molecule has 2 saturated carbocycles. The van der Waals surface area contributed by atoms with Gasteiger partial charge in [0.05, 0.1) is 30.2 Å². The number of hydrogen-bond donors (Lipinski definition) is 2. The number of sulfone groups is 1. The average molecular weight is 439 g/mol. The molecular weight excluding hydrogens is 411 g/mol. The Labute approximate surface area is 165 Å². The smallest absolute Gasteiger partial charge is 0.304 e. The van der Waals surface area contributed by atoms with Gasteiger partial charge in [0.1, 0.15) is 16.0 Å². The zero-order valence-electron chi connectivity index (χ0n) is 15.5. The van der Waals surface area contributed by atoms with Crippen molar-refractivity contribution in [1.29, 1.82) is 0 Å². The molecule has 1 amide bonds. The summed E-state index contributed by atoms with van der Waals surface area (Å²) in [5.41, 5.74) is 0. The Kier molecular flexibility index (Phi) is 5.25. The summed E-state index contributed by atoms with van der Waals surface area (Å²) in [6.45, 7) is -0.466. The van der Waals surface area contributed by atoms with E-state index >= 15 is 4.39 Å². The number of nitrogens with zero attached hydrogens (tertiary/aromatic N) is 1. The molecule has 0 aromatic rings. The molecule has 28 heavy (non-hydrogen) atoms. The fourth-order valence-electron chi connectivity index (χ4n) is 5.79. The minimum atomic E-state index is -4.12. The van der Waals surface area contributed by atoms with Gasteiger partial charge in [-0.3, -0.25) is 4.79 Å². The highest BCUT2D eigenvalue weighted by atomic mass is 32.2. The van der Waals surface area contributed by atoms with E-state index in [1.54, 1.807) is 0 Å². The van der Waals surface area contributed by atoms with Crippen molar-refractivity contribution in [2.45, 2.75) is 56.8 Å². The Bertz CT molecular complexity index is 834. The number of aliphatic hydroxyl groups excluding tert-OH is 1. The maximum Gasteiger partial charge on any atom is 0.304 e. The van der Waals surface area contributed by atoms with E-state index in [9.17, 15) is 26.7 Å². The van der Waals surface area contributed by atoms with E-state index in [0.29, 0.717) is 25.7 Å². The lowest BCUT2D eigenvalue weighted by molar-refractivity contribution is -0.120. The van der Waals surface area contributed by atoms with Crippen LogP contribution in [0.2, 0.25) is 0 Å². The van der Waals surface area contributed by atoms with E-state index in [1.807, 2.05) is 4.72 Å². The highest BCUT2D eigenvalue weighted by Crippen LogP contribution is 2.49. The molecule has 2 heterocycles. The van der Waals surface area contributed by atoms with Gasteiger partial charge in [-0.05, 0) is 62.2 Å². The standard InChI is InChI=1S/C17H27FN2O6S2/c18-16-13-7-11(10-3-5-27(23,24)6-4-10)1-2-12(13)8-14(21)17(16)20-9-15(22)19-28(20,25)26/h10-14,16-17,21H,1-9H2,(H,19,22). The second kappa shape index (κ2) is 7.17. The Morgan fingerprint density at radius 1 is 0.964 bits per heavy atom. The Morgan fingerprint density at radius 2 is 1.61 bits per heavy atom. The topological polar surface area (TPSA) is 121 Å². The predicted octanol–water partition coefficient (Wildman–Crippen LogP) is -0.00840. The van der Waals surface area contributed by atoms with Gasteiger partial charge in [0.15, 0.2) is 0 Å². The largest absolute Gasteiger partial charge is 0.391 e. The second-order valence-corrected chi connectivity index (χ2v) is 12.7. The second-order valence-electron chi connectivity index (χ2n) is 8.80. The molecule has 8 nitrogen and oxygen atoms in total. The summed E-state index contributed by atoms with van der Waals surface area (Å²) in [6.07, 6.45) is 1.06. The minimum absolute atomic E-state index is 0.0150. The lowest BCUT2D eigenvalue weighted by Crippen LogP contribution is -2.59. The highest BCUT2D eigenvalue weighted by Gasteiger charge is 2.54. The highest BCUT2D eigenvalue weighted by molar-refractivity contribution is 7.91. The van der Waals surface area contributed by atoms with Gasteiger partial charge < -0.3 is 5.11 Å². The zero-order chi connectivity index (χ0) is 20.3. The van der Waals surface area contributed by atoms with Crippen molar-refractivity contribution in [3.8, 4) is 0 Å². The van der Waals surface area contributed by atoms with E-state index in [4.69, 9.17) is 0 Å². The van der Waals surface area contributed by atoms with Crippen LogP contribution in [-0.4, -0.2) is 68.5 Å². The number of fused-ring (bicyclic) bond motifs is 1. The van der Waals surface area contributed by atoms with E-state index in [2.05, 4.69) is 0 Å². The molecule has 0 aromatic heterocycles. The number of carbonyl (C=O) groups is 1. The number of amides is 1. The van der Waals surface area contributed by atoms with Gasteiger partial charge in [0, 0.05) is 0 Å².